The zero-order valence-corrected chi connectivity index (χ0v) is 16.6. The van der Waals surface area contributed by atoms with E-state index < -0.39 is 0 Å². The normalized spacial score (nSPS) is 17.9. The van der Waals surface area contributed by atoms with Gasteiger partial charge in [-0.05, 0) is 42.0 Å². The molecule has 0 spiro atoms. The first kappa shape index (κ1) is 18.5. The van der Waals surface area contributed by atoms with Gasteiger partial charge in [0.1, 0.15) is 6.04 Å². The second-order valence-electron chi connectivity index (χ2n) is 7.51. The summed E-state index contributed by atoms with van der Waals surface area (Å²) < 4.78 is 0. The Bertz CT molecular complexity index is 1080. The quantitative estimate of drug-likeness (QED) is 0.710. The fourth-order valence-electron chi connectivity index (χ4n) is 4.11. The number of carbonyl (C=O) groups is 1. The average molecular weight is 397 g/mol. The van der Waals surface area contributed by atoms with Crippen LogP contribution in [0.25, 0.3) is 0 Å². The Morgan fingerprint density at radius 1 is 1.07 bits per heavy atom. The molecule has 1 amide bonds. The standard InChI is InChI=1S/C24H23N5O/c30-24(22-16-26-12-13-29(22)20-4-2-1-3-5-20)28-19-7-6-18-15-27-23(21(18)14-19)17-8-10-25-11-9-17/h1-11,14,22,26H,12-13,15-16H2,(H,28,30). The fraction of sp³-hybridized carbons (Fsp3) is 0.208. The number of fused-ring (bicyclic) bond motifs is 1. The second kappa shape index (κ2) is 8.08. The third-order valence-corrected chi connectivity index (χ3v) is 5.63. The molecule has 2 aliphatic rings. The second-order valence-corrected chi connectivity index (χ2v) is 7.51. The summed E-state index contributed by atoms with van der Waals surface area (Å²) in [5, 5.41) is 6.47. The van der Waals surface area contributed by atoms with Gasteiger partial charge in [0.05, 0.1) is 12.3 Å². The Kier molecular flexibility index (Phi) is 4.99. The van der Waals surface area contributed by atoms with Crippen molar-refractivity contribution in [3.8, 4) is 0 Å². The lowest BCUT2D eigenvalue weighted by Gasteiger charge is -2.37. The molecule has 6 nitrogen and oxygen atoms in total. The topological polar surface area (TPSA) is 69.6 Å². The summed E-state index contributed by atoms with van der Waals surface area (Å²) in [5.74, 6) is -0.00796. The van der Waals surface area contributed by atoms with E-state index in [0.717, 1.165) is 41.3 Å². The van der Waals surface area contributed by atoms with Gasteiger partial charge in [-0.3, -0.25) is 14.8 Å². The van der Waals surface area contributed by atoms with Crippen molar-refractivity contribution in [2.75, 3.05) is 29.9 Å². The summed E-state index contributed by atoms with van der Waals surface area (Å²) >= 11 is 0. The maximum atomic E-state index is 13.2. The summed E-state index contributed by atoms with van der Waals surface area (Å²) in [7, 11) is 0. The Morgan fingerprint density at radius 2 is 1.90 bits per heavy atom. The number of anilines is 2. The van der Waals surface area contributed by atoms with Crippen LogP contribution in [0.5, 0.6) is 0 Å². The van der Waals surface area contributed by atoms with Crippen LogP contribution in [0.4, 0.5) is 11.4 Å². The molecule has 1 unspecified atom stereocenters. The van der Waals surface area contributed by atoms with E-state index in [0.29, 0.717) is 13.1 Å². The number of nitrogens with zero attached hydrogens (tertiary/aromatic N) is 3. The minimum absolute atomic E-state index is 0.00796. The van der Waals surface area contributed by atoms with Gasteiger partial charge in [0.25, 0.3) is 0 Å². The predicted octanol–water partition coefficient (Wildman–Crippen LogP) is 2.85. The van der Waals surface area contributed by atoms with Crippen LogP contribution in [0.15, 0.2) is 78.0 Å². The van der Waals surface area contributed by atoms with Crippen molar-refractivity contribution < 1.29 is 4.79 Å². The number of pyridine rings is 1. The van der Waals surface area contributed by atoms with E-state index in [1.807, 2.05) is 42.5 Å². The largest absolute Gasteiger partial charge is 0.357 e. The van der Waals surface area contributed by atoms with Crippen molar-refractivity contribution in [2.45, 2.75) is 12.6 Å². The Hall–Kier alpha value is -3.51. The van der Waals surface area contributed by atoms with Crippen molar-refractivity contribution in [3.05, 3.63) is 89.7 Å². The monoisotopic (exact) mass is 397 g/mol. The molecular formula is C24H23N5O. The third kappa shape index (κ3) is 3.57. The highest BCUT2D eigenvalue weighted by Gasteiger charge is 2.29. The maximum absolute atomic E-state index is 13.2. The van der Waals surface area contributed by atoms with E-state index in [4.69, 9.17) is 4.99 Å². The van der Waals surface area contributed by atoms with Crippen molar-refractivity contribution in [1.29, 1.82) is 0 Å². The molecule has 1 fully saturated rings. The van der Waals surface area contributed by atoms with Gasteiger partial charge in [0, 0.05) is 54.5 Å². The number of nitrogens with one attached hydrogen (secondary N) is 2. The van der Waals surface area contributed by atoms with E-state index in [-0.39, 0.29) is 11.9 Å². The summed E-state index contributed by atoms with van der Waals surface area (Å²) in [4.78, 5) is 24.1. The Morgan fingerprint density at radius 3 is 2.73 bits per heavy atom. The zero-order valence-electron chi connectivity index (χ0n) is 16.6. The van der Waals surface area contributed by atoms with Crippen molar-refractivity contribution in [2.24, 2.45) is 4.99 Å². The van der Waals surface area contributed by atoms with Crippen LogP contribution in [0.1, 0.15) is 16.7 Å². The molecule has 3 aromatic rings. The van der Waals surface area contributed by atoms with Gasteiger partial charge in [-0.1, -0.05) is 24.3 Å². The lowest BCUT2D eigenvalue weighted by atomic mass is 10.00. The molecule has 0 radical (unpaired) electrons. The third-order valence-electron chi connectivity index (χ3n) is 5.63. The maximum Gasteiger partial charge on any atom is 0.248 e. The average Bonchev–Trinajstić information content (AvgIpc) is 3.23. The highest BCUT2D eigenvalue weighted by atomic mass is 16.2. The van der Waals surface area contributed by atoms with E-state index in [2.05, 4.69) is 38.7 Å². The van der Waals surface area contributed by atoms with E-state index in [1.165, 1.54) is 5.56 Å². The minimum Gasteiger partial charge on any atom is -0.357 e. The van der Waals surface area contributed by atoms with Crippen LogP contribution in [0, 0.1) is 0 Å². The summed E-state index contributed by atoms with van der Waals surface area (Å²) in [6.45, 7) is 2.94. The molecule has 2 N–H and O–H groups in total. The van der Waals surface area contributed by atoms with Crippen molar-refractivity contribution in [3.63, 3.8) is 0 Å². The molecule has 6 heteroatoms. The van der Waals surface area contributed by atoms with Gasteiger partial charge in [-0.25, -0.2) is 0 Å². The number of hydrogen-bond donors (Lipinski definition) is 2. The number of hydrogen-bond acceptors (Lipinski definition) is 5. The number of aliphatic imine (C=N–C) groups is 1. The number of benzene rings is 2. The first-order valence-electron chi connectivity index (χ1n) is 10.2. The molecule has 1 atom stereocenters. The molecule has 0 aliphatic carbocycles. The van der Waals surface area contributed by atoms with Gasteiger partial charge in [0.15, 0.2) is 0 Å². The molecule has 0 bridgehead atoms. The summed E-state index contributed by atoms with van der Waals surface area (Å²) in [6.07, 6.45) is 3.55. The Balaban J connectivity index is 1.37. The lowest BCUT2D eigenvalue weighted by molar-refractivity contribution is -0.117. The van der Waals surface area contributed by atoms with Crippen LogP contribution < -0.4 is 15.5 Å². The molecule has 2 aliphatic heterocycles. The van der Waals surface area contributed by atoms with Crippen LogP contribution in [-0.4, -0.2) is 42.3 Å². The van der Waals surface area contributed by atoms with Crippen LogP contribution >= 0.6 is 0 Å². The first-order chi connectivity index (χ1) is 14.8. The molecular weight excluding hydrogens is 374 g/mol. The number of para-hydroxylation sites is 1. The van der Waals surface area contributed by atoms with Crippen LogP contribution in [-0.2, 0) is 11.3 Å². The summed E-state index contributed by atoms with van der Waals surface area (Å²) in [5.41, 5.74) is 6.10. The highest BCUT2D eigenvalue weighted by molar-refractivity contribution is 6.15. The number of piperazine rings is 1. The van der Waals surface area contributed by atoms with Crippen LogP contribution in [0.2, 0.25) is 0 Å². The van der Waals surface area contributed by atoms with Gasteiger partial charge < -0.3 is 15.5 Å². The SMILES string of the molecule is O=C(Nc1ccc2c(c1)C(c1ccncc1)=NC2)C1CNCCN1c1ccccc1. The molecule has 1 saturated heterocycles. The number of carbonyl (C=O) groups excluding carboxylic acids is 1. The van der Waals surface area contributed by atoms with Gasteiger partial charge in [-0.2, -0.15) is 0 Å². The van der Waals surface area contributed by atoms with E-state index in [1.54, 1.807) is 12.4 Å². The molecule has 5 rings (SSSR count). The zero-order chi connectivity index (χ0) is 20.3. The molecule has 0 saturated carbocycles. The molecule has 30 heavy (non-hydrogen) atoms. The Labute approximate surface area is 175 Å². The summed E-state index contributed by atoms with van der Waals surface area (Å²) in [6, 6.07) is 19.8. The van der Waals surface area contributed by atoms with Gasteiger partial charge in [0.2, 0.25) is 5.91 Å². The molecule has 2 aromatic carbocycles. The highest BCUT2D eigenvalue weighted by Crippen LogP contribution is 2.26. The number of amides is 1. The van der Waals surface area contributed by atoms with Crippen molar-refractivity contribution in [1.82, 2.24) is 10.3 Å². The molecule has 150 valence electrons. The fourth-order valence-corrected chi connectivity index (χ4v) is 4.11. The van der Waals surface area contributed by atoms with Crippen LogP contribution in [0.3, 0.4) is 0 Å². The van der Waals surface area contributed by atoms with Gasteiger partial charge in [-0.15, -0.1) is 0 Å². The van der Waals surface area contributed by atoms with Gasteiger partial charge >= 0.3 is 0 Å². The predicted molar refractivity (Wildman–Crippen MR) is 119 cm³/mol. The van der Waals surface area contributed by atoms with Crippen molar-refractivity contribution >= 4 is 23.0 Å². The number of rotatable bonds is 4. The molecule has 3 heterocycles. The number of aromatic nitrogens is 1. The van der Waals surface area contributed by atoms with E-state index in [9.17, 15) is 4.79 Å². The smallest absolute Gasteiger partial charge is 0.248 e. The lowest BCUT2D eigenvalue weighted by Crippen LogP contribution is -2.56. The molecule has 1 aromatic heterocycles. The first-order valence-corrected chi connectivity index (χ1v) is 10.2. The minimum atomic E-state index is -0.261. The van der Waals surface area contributed by atoms with E-state index >= 15 is 0 Å².